The van der Waals surface area contributed by atoms with Crippen LogP contribution in [0.5, 0.6) is 0 Å². The number of carbonyl (C=O) groups is 1. The molecule has 5 heteroatoms. The van der Waals surface area contributed by atoms with E-state index in [1.807, 2.05) is 36.4 Å². The molecule has 2 aromatic carbocycles. The van der Waals surface area contributed by atoms with Gasteiger partial charge < -0.3 is 15.6 Å². The number of rotatable bonds is 5. The summed E-state index contributed by atoms with van der Waals surface area (Å²) in [5.41, 5.74) is 3.90. The number of aromatic nitrogens is 1. The topological polar surface area (TPSA) is 74.0 Å². The van der Waals surface area contributed by atoms with Crippen LogP contribution in [0.4, 0.5) is 11.4 Å². The number of hydrogen-bond acceptors (Lipinski definition) is 3. The summed E-state index contributed by atoms with van der Waals surface area (Å²) >= 11 is 0. The van der Waals surface area contributed by atoms with Crippen LogP contribution in [-0.2, 0) is 6.54 Å². The maximum atomic E-state index is 12.4. The highest BCUT2D eigenvalue weighted by Gasteiger charge is 2.09. The molecule has 0 saturated heterocycles. The van der Waals surface area contributed by atoms with E-state index in [2.05, 4.69) is 34.7 Å². The summed E-state index contributed by atoms with van der Waals surface area (Å²) in [6.45, 7) is 2.72. The Kier molecular flexibility index (Phi) is 4.95. The lowest BCUT2D eigenvalue weighted by atomic mass is 10.1. The summed E-state index contributed by atoms with van der Waals surface area (Å²) in [5.74, 6) is -0.323. The first-order chi connectivity index (χ1) is 12.1. The second kappa shape index (κ2) is 7.49. The maximum absolute atomic E-state index is 12.4. The Bertz CT molecular complexity index is 947. The SMILES string of the molecule is Cc1ccccc1CNc1ccccc1NC(=O)c1cc[nH]c(=O)c1. The van der Waals surface area contributed by atoms with Crippen molar-refractivity contribution in [3.8, 4) is 0 Å². The summed E-state index contributed by atoms with van der Waals surface area (Å²) < 4.78 is 0. The molecule has 0 saturated carbocycles. The zero-order chi connectivity index (χ0) is 17.6. The standard InChI is InChI=1S/C20H19N3O2/c1-14-6-2-3-7-16(14)13-22-17-8-4-5-9-18(17)23-20(25)15-10-11-21-19(24)12-15/h2-12,22H,13H2,1H3,(H,21,24)(H,23,25). The number of para-hydroxylation sites is 2. The molecule has 5 nitrogen and oxygen atoms in total. The van der Waals surface area contributed by atoms with Gasteiger partial charge in [0.25, 0.3) is 5.91 Å². The molecule has 1 heterocycles. The molecule has 126 valence electrons. The number of pyridine rings is 1. The molecule has 1 amide bonds. The minimum atomic E-state index is -0.323. The van der Waals surface area contributed by atoms with E-state index in [0.717, 1.165) is 5.69 Å². The quantitative estimate of drug-likeness (QED) is 0.668. The molecule has 0 spiro atoms. The molecule has 0 atom stereocenters. The predicted octanol–water partition coefficient (Wildman–Crippen LogP) is 3.55. The van der Waals surface area contributed by atoms with Crippen LogP contribution in [-0.4, -0.2) is 10.9 Å². The molecule has 0 aliphatic carbocycles. The maximum Gasteiger partial charge on any atom is 0.255 e. The number of amides is 1. The van der Waals surface area contributed by atoms with Gasteiger partial charge in [0.1, 0.15) is 0 Å². The van der Waals surface area contributed by atoms with Crippen molar-refractivity contribution in [1.29, 1.82) is 0 Å². The largest absolute Gasteiger partial charge is 0.379 e. The molecule has 0 aliphatic heterocycles. The predicted molar refractivity (Wildman–Crippen MR) is 100.0 cm³/mol. The highest BCUT2D eigenvalue weighted by atomic mass is 16.2. The third-order valence-electron chi connectivity index (χ3n) is 3.94. The molecule has 3 rings (SSSR count). The van der Waals surface area contributed by atoms with E-state index in [0.29, 0.717) is 17.8 Å². The van der Waals surface area contributed by atoms with Gasteiger partial charge in [0.2, 0.25) is 5.56 Å². The minimum absolute atomic E-state index is 0.307. The molecule has 1 aromatic heterocycles. The number of nitrogens with one attached hydrogen (secondary N) is 3. The van der Waals surface area contributed by atoms with E-state index in [1.165, 1.54) is 23.4 Å². The zero-order valence-electron chi connectivity index (χ0n) is 13.9. The van der Waals surface area contributed by atoms with Crippen molar-refractivity contribution >= 4 is 17.3 Å². The summed E-state index contributed by atoms with van der Waals surface area (Å²) in [6.07, 6.45) is 1.46. The van der Waals surface area contributed by atoms with Gasteiger partial charge in [-0.2, -0.15) is 0 Å². The van der Waals surface area contributed by atoms with Gasteiger partial charge in [0.05, 0.1) is 11.4 Å². The van der Waals surface area contributed by atoms with Crippen LogP contribution in [0, 0.1) is 6.92 Å². The monoisotopic (exact) mass is 333 g/mol. The number of aromatic amines is 1. The van der Waals surface area contributed by atoms with Gasteiger partial charge in [-0.25, -0.2) is 0 Å². The van der Waals surface area contributed by atoms with Gasteiger partial charge in [0, 0.05) is 24.4 Å². The van der Waals surface area contributed by atoms with Gasteiger partial charge in [-0.15, -0.1) is 0 Å². The fourth-order valence-electron chi connectivity index (χ4n) is 2.53. The van der Waals surface area contributed by atoms with Crippen molar-refractivity contribution in [1.82, 2.24) is 4.98 Å². The highest BCUT2D eigenvalue weighted by molar-refractivity contribution is 6.05. The number of hydrogen-bond donors (Lipinski definition) is 3. The Morgan fingerprint density at radius 3 is 2.48 bits per heavy atom. The number of carbonyl (C=O) groups excluding carboxylic acids is 1. The zero-order valence-corrected chi connectivity index (χ0v) is 13.9. The van der Waals surface area contributed by atoms with Crippen LogP contribution in [0.25, 0.3) is 0 Å². The molecule has 0 unspecified atom stereocenters. The Balaban J connectivity index is 1.76. The lowest BCUT2D eigenvalue weighted by molar-refractivity contribution is 0.102. The molecular weight excluding hydrogens is 314 g/mol. The van der Waals surface area contributed by atoms with Crippen LogP contribution in [0.2, 0.25) is 0 Å². The van der Waals surface area contributed by atoms with Crippen LogP contribution in [0.3, 0.4) is 0 Å². The number of aryl methyl sites for hydroxylation is 1. The van der Waals surface area contributed by atoms with Crippen molar-refractivity contribution in [3.05, 3.63) is 93.9 Å². The van der Waals surface area contributed by atoms with Crippen LogP contribution >= 0.6 is 0 Å². The molecule has 3 aromatic rings. The van der Waals surface area contributed by atoms with E-state index in [1.54, 1.807) is 6.07 Å². The summed E-state index contributed by atoms with van der Waals surface area (Å²) in [5, 5.41) is 6.21. The van der Waals surface area contributed by atoms with E-state index >= 15 is 0 Å². The fraction of sp³-hybridized carbons (Fsp3) is 0.100. The highest BCUT2D eigenvalue weighted by Crippen LogP contribution is 2.22. The van der Waals surface area contributed by atoms with E-state index in [-0.39, 0.29) is 11.5 Å². The molecule has 25 heavy (non-hydrogen) atoms. The lowest BCUT2D eigenvalue weighted by Gasteiger charge is -2.14. The minimum Gasteiger partial charge on any atom is -0.379 e. The van der Waals surface area contributed by atoms with Crippen molar-refractivity contribution in [3.63, 3.8) is 0 Å². The lowest BCUT2D eigenvalue weighted by Crippen LogP contribution is -2.16. The molecule has 0 fully saturated rings. The smallest absolute Gasteiger partial charge is 0.255 e. The van der Waals surface area contributed by atoms with Crippen molar-refractivity contribution in [2.24, 2.45) is 0 Å². The molecule has 0 bridgehead atoms. The first-order valence-electron chi connectivity index (χ1n) is 8.01. The Morgan fingerprint density at radius 1 is 1.00 bits per heavy atom. The van der Waals surface area contributed by atoms with Crippen LogP contribution in [0.1, 0.15) is 21.5 Å². The second-order valence-electron chi connectivity index (χ2n) is 5.72. The van der Waals surface area contributed by atoms with Gasteiger partial charge >= 0.3 is 0 Å². The van der Waals surface area contributed by atoms with Crippen LogP contribution < -0.4 is 16.2 Å². The number of H-pyrrole nitrogens is 1. The normalized spacial score (nSPS) is 10.3. The fourth-order valence-corrected chi connectivity index (χ4v) is 2.53. The first kappa shape index (κ1) is 16.5. The third-order valence-corrected chi connectivity index (χ3v) is 3.94. The van der Waals surface area contributed by atoms with Crippen molar-refractivity contribution in [2.75, 3.05) is 10.6 Å². The van der Waals surface area contributed by atoms with Gasteiger partial charge in [0.15, 0.2) is 0 Å². The molecule has 0 aliphatic rings. The Hall–Kier alpha value is -3.34. The number of anilines is 2. The molecule has 0 radical (unpaired) electrons. The Morgan fingerprint density at radius 2 is 1.72 bits per heavy atom. The summed E-state index contributed by atoms with van der Waals surface area (Å²) in [7, 11) is 0. The number of benzene rings is 2. The molecular formula is C20H19N3O2. The van der Waals surface area contributed by atoms with Crippen molar-refractivity contribution in [2.45, 2.75) is 13.5 Å². The van der Waals surface area contributed by atoms with Crippen molar-refractivity contribution < 1.29 is 4.79 Å². The average molecular weight is 333 g/mol. The average Bonchev–Trinajstić information content (AvgIpc) is 2.62. The van der Waals surface area contributed by atoms with E-state index < -0.39 is 0 Å². The first-order valence-corrected chi connectivity index (χ1v) is 8.01. The molecule has 3 N–H and O–H groups in total. The van der Waals surface area contributed by atoms with E-state index in [4.69, 9.17) is 0 Å². The Labute approximate surface area is 145 Å². The van der Waals surface area contributed by atoms with Gasteiger partial charge in [-0.3, -0.25) is 9.59 Å². The summed E-state index contributed by atoms with van der Waals surface area (Å²) in [4.78, 5) is 26.2. The van der Waals surface area contributed by atoms with Crippen LogP contribution in [0.15, 0.2) is 71.7 Å². The van der Waals surface area contributed by atoms with Gasteiger partial charge in [-0.05, 0) is 36.2 Å². The summed E-state index contributed by atoms with van der Waals surface area (Å²) in [6, 6.07) is 18.5. The van der Waals surface area contributed by atoms with E-state index in [9.17, 15) is 9.59 Å². The third kappa shape index (κ3) is 4.14. The second-order valence-corrected chi connectivity index (χ2v) is 5.72. The van der Waals surface area contributed by atoms with Gasteiger partial charge in [-0.1, -0.05) is 36.4 Å².